The van der Waals surface area contributed by atoms with Crippen LogP contribution in [0.15, 0.2) is 0 Å². The van der Waals surface area contributed by atoms with E-state index in [1.54, 1.807) is 6.92 Å². The molecule has 1 rings (SSSR count). The first-order valence-corrected chi connectivity index (χ1v) is 5.77. The van der Waals surface area contributed by atoms with Gasteiger partial charge in [0.15, 0.2) is 0 Å². The Balaban J connectivity index is 2.43. The van der Waals surface area contributed by atoms with E-state index in [0.717, 1.165) is 0 Å². The first-order valence-electron chi connectivity index (χ1n) is 5.77. The molecular weight excluding hydrogens is 221 g/mol. The average Bonchev–Trinajstić information content (AvgIpc) is 2.25. The second-order valence-corrected chi connectivity index (χ2v) is 4.39. The minimum Gasteiger partial charge on any atom is -0.390 e. The number of hydrogen-bond acceptors (Lipinski definition) is 2. The molecule has 1 saturated carbocycles. The summed E-state index contributed by atoms with van der Waals surface area (Å²) in [5.74, 6) is -1.52. The number of alkyl halides is 3. The van der Waals surface area contributed by atoms with Crippen LogP contribution >= 0.6 is 0 Å². The van der Waals surface area contributed by atoms with Gasteiger partial charge in [-0.2, -0.15) is 13.2 Å². The van der Waals surface area contributed by atoms with Gasteiger partial charge in [-0.15, -0.1) is 0 Å². The van der Waals surface area contributed by atoms with Gasteiger partial charge < -0.3 is 9.84 Å². The van der Waals surface area contributed by atoms with Crippen LogP contribution in [0.1, 0.15) is 32.6 Å². The first kappa shape index (κ1) is 13.8. The second kappa shape index (κ2) is 5.87. The highest BCUT2D eigenvalue weighted by atomic mass is 19.4. The molecule has 0 saturated heterocycles. The van der Waals surface area contributed by atoms with Crippen LogP contribution in [0.4, 0.5) is 13.2 Å². The Bertz CT molecular complexity index is 206. The largest absolute Gasteiger partial charge is 0.391 e. The molecule has 5 heteroatoms. The van der Waals surface area contributed by atoms with E-state index < -0.39 is 18.2 Å². The Morgan fingerprint density at radius 3 is 2.62 bits per heavy atom. The van der Waals surface area contributed by atoms with Crippen molar-refractivity contribution in [3.63, 3.8) is 0 Å². The molecule has 2 nitrogen and oxygen atoms in total. The molecule has 0 aliphatic heterocycles. The minimum atomic E-state index is -4.12. The Morgan fingerprint density at radius 1 is 1.38 bits per heavy atom. The van der Waals surface area contributed by atoms with Gasteiger partial charge in [-0.3, -0.25) is 0 Å². The maximum absolute atomic E-state index is 12.5. The van der Waals surface area contributed by atoms with Crippen molar-refractivity contribution in [3.8, 4) is 0 Å². The zero-order chi connectivity index (χ0) is 12.2. The Morgan fingerprint density at radius 2 is 2.06 bits per heavy atom. The lowest BCUT2D eigenvalue weighted by Crippen LogP contribution is -2.35. The summed E-state index contributed by atoms with van der Waals surface area (Å²) in [5.41, 5.74) is 0. The minimum absolute atomic E-state index is 0.0394. The van der Waals surface area contributed by atoms with Crippen molar-refractivity contribution in [2.24, 2.45) is 11.8 Å². The highest BCUT2D eigenvalue weighted by Gasteiger charge is 2.43. The van der Waals surface area contributed by atoms with E-state index >= 15 is 0 Å². The zero-order valence-electron chi connectivity index (χ0n) is 9.46. The van der Waals surface area contributed by atoms with Crippen LogP contribution < -0.4 is 0 Å². The van der Waals surface area contributed by atoms with Gasteiger partial charge in [0.1, 0.15) is 0 Å². The fourth-order valence-electron chi connectivity index (χ4n) is 2.25. The first-order chi connectivity index (χ1) is 7.45. The summed E-state index contributed by atoms with van der Waals surface area (Å²) in [6.07, 6.45) is -3.44. The van der Waals surface area contributed by atoms with Gasteiger partial charge in [0.25, 0.3) is 0 Å². The lowest BCUT2D eigenvalue weighted by atomic mass is 9.78. The summed E-state index contributed by atoms with van der Waals surface area (Å²) in [7, 11) is 0. The summed E-state index contributed by atoms with van der Waals surface area (Å²) < 4.78 is 42.6. The van der Waals surface area contributed by atoms with E-state index in [1.807, 2.05) is 0 Å². The van der Waals surface area contributed by atoms with E-state index in [4.69, 9.17) is 4.74 Å². The fraction of sp³-hybridized carbons (Fsp3) is 1.00. The van der Waals surface area contributed by atoms with Gasteiger partial charge in [0, 0.05) is 6.61 Å². The lowest BCUT2D eigenvalue weighted by molar-refractivity contribution is -0.189. The molecule has 16 heavy (non-hydrogen) atoms. The van der Waals surface area contributed by atoms with Gasteiger partial charge in [-0.05, 0) is 32.1 Å². The normalized spacial score (nSPS) is 29.1. The molecule has 0 radical (unpaired) electrons. The standard InChI is InChI=1S/C11H19F3O2/c1-2-16-7-10(15)8-4-3-5-9(6-8)11(12,13)14/h8-10,15H,2-7H2,1H3. The molecule has 0 aromatic heterocycles. The summed E-state index contributed by atoms with van der Waals surface area (Å²) >= 11 is 0. The van der Waals surface area contributed by atoms with Gasteiger partial charge in [-0.1, -0.05) is 6.42 Å². The third-order valence-electron chi connectivity index (χ3n) is 3.21. The summed E-state index contributed by atoms with van der Waals surface area (Å²) in [4.78, 5) is 0. The van der Waals surface area contributed by atoms with Gasteiger partial charge in [0.2, 0.25) is 0 Å². The Hall–Kier alpha value is -0.290. The van der Waals surface area contributed by atoms with E-state index in [-0.39, 0.29) is 25.4 Å². The monoisotopic (exact) mass is 240 g/mol. The molecule has 1 fully saturated rings. The van der Waals surface area contributed by atoms with Gasteiger partial charge in [-0.25, -0.2) is 0 Å². The van der Waals surface area contributed by atoms with Crippen LogP contribution in [-0.2, 0) is 4.74 Å². The maximum atomic E-state index is 12.5. The van der Waals surface area contributed by atoms with Crippen LogP contribution in [0.3, 0.4) is 0 Å². The van der Waals surface area contributed by atoms with Crippen molar-refractivity contribution in [1.82, 2.24) is 0 Å². The third kappa shape index (κ3) is 3.94. The number of aliphatic hydroxyl groups is 1. The molecule has 0 aromatic rings. The van der Waals surface area contributed by atoms with Gasteiger partial charge in [0.05, 0.1) is 18.6 Å². The average molecular weight is 240 g/mol. The zero-order valence-corrected chi connectivity index (χ0v) is 9.46. The van der Waals surface area contributed by atoms with Crippen LogP contribution in [0.25, 0.3) is 0 Å². The highest BCUT2D eigenvalue weighted by molar-refractivity contribution is 4.81. The predicted molar refractivity (Wildman–Crippen MR) is 54.0 cm³/mol. The van der Waals surface area contributed by atoms with Crippen molar-refractivity contribution in [3.05, 3.63) is 0 Å². The number of ether oxygens (including phenoxy) is 1. The predicted octanol–water partition coefficient (Wildman–Crippen LogP) is 2.75. The van der Waals surface area contributed by atoms with E-state index in [9.17, 15) is 18.3 Å². The van der Waals surface area contributed by atoms with Crippen LogP contribution in [0.5, 0.6) is 0 Å². The Kier molecular flexibility index (Phi) is 5.05. The topological polar surface area (TPSA) is 29.5 Å². The third-order valence-corrected chi connectivity index (χ3v) is 3.21. The van der Waals surface area contributed by atoms with Crippen molar-refractivity contribution >= 4 is 0 Å². The molecule has 0 aromatic carbocycles. The SMILES string of the molecule is CCOCC(O)C1CCCC(C(F)(F)F)C1. The smallest absolute Gasteiger partial charge is 0.390 e. The fourth-order valence-corrected chi connectivity index (χ4v) is 2.25. The molecule has 1 aliphatic rings. The molecule has 96 valence electrons. The van der Waals surface area contributed by atoms with E-state index in [0.29, 0.717) is 19.4 Å². The number of halogens is 3. The molecule has 0 heterocycles. The summed E-state index contributed by atoms with van der Waals surface area (Å²) in [6, 6.07) is 0. The maximum Gasteiger partial charge on any atom is 0.391 e. The summed E-state index contributed by atoms with van der Waals surface area (Å²) in [6.45, 7) is 2.42. The molecule has 3 atom stereocenters. The van der Waals surface area contributed by atoms with Crippen molar-refractivity contribution in [2.45, 2.75) is 44.9 Å². The second-order valence-electron chi connectivity index (χ2n) is 4.39. The lowest BCUT2D eigenvalue weighted by Gasteiger charge is -2.33. The molecule has 3 unspecified atom stereocenters. The van der Waals surface area contributed by atoms with Crippen LogP contribution in [0.2, 0.25) is 0 Å². The molecule has 0 amide bonds. The summed E-state index contributed by atoms with van der Waals surface area (Å²) in [5, 5.41) is 9.70. The molecular formula is C11H19F3O2. The molecule has 0 bridgehead atoms. The van der Waals surface area contributed by atoms with Crippen LogP contribution in [0, 0.1) is 11.8 Å². The van der Waals surface area contributed by atoms with Crippen LogP contribution in [-0.4, -0.2) is 30.6 Å². The van der Waals surface area contributed by atoms with Gasteiger partial charge >= 0.3 is 6.18 Å². The number of rotatable bonds is 4. The Labute approximate surface area is 93.8 Å². The number of aliphatic hydroxyl groups excluding tert-OH is 1. The number of hydrogen-bond donors (Lipinski definition) is 1. The molecule has 1 aliphatic carbocycles. The van der Waals surface area contributed by atoms with E-state index in [2.05, 4.69) is 0 Å². The van der Waals surface area contributed by atoms with Crippen molar-refractivity contribution in [2.75, 3.05) is 13.2 Å². The molecule has 0 spiro atoms. The van der Waals surface area contributed by atoms with E-state index in [1.165, 1.54) is 0 Å². The molecule has 1 N–H and O–H groups in total. The van der Waals surface area contributed by atoms with Crippen molar-refractivity contribution < 1.29 is 23.0 Å². The highest BCUT2D eigenvalue weighted by Crippen LogP contribution is 2.40. The quantitative estimate of drug-likeness (QED) is 0.818. The van der Waals surface area contributed by atoms with Crippen molar-refractivity contribution in [1.29, 1.82) is 0 Å².